The molecule has 0 saturated carbocycles. The van der Waals surface area contributed by atoms with Crippen LogP contribution in [0.3, 0.4) is 0 Å². The van der Waals surface area contributed by atoms with E-state index in [9.17, 15) is 10.2 Å². The van der Waals surface area contributed by atoms with Gasteiger partial charge in [0.15, 0.2) is 5.82 Å². The van der Waals surface area contributed by atoms with Crippen LogP contribution < -0.4 is 19.7 Å². The van der Waals surface area contributed by atoms with Crippen molar-refractivity contribution in [3.8, 4) is 28.9 Å². The SMILES string of the molecule is CCc1c(F)ccc2cc(O)cc(-c3nc4c5c(nc(OCC67CCCN6C(CO)CC7)nc5c3F)N3CC5CCC(N5)C3CO4)c12. The lowest BCUT2D eigenvalue weighted by Gasteiger charge is -2.40. The van der Waals surface area contributed by atoms with Crippen LogP contribution in [0.2, 0.25) is 0 Å². The van der Waals surface area contributed by atoms with Crippen molar-refractivity contribution in [2.45, 2.75) is 81.6 Å². The number of piperazine rings is 1. The molecule has 0 aliphatic carbocycles. The Morgan fingerprint density at radius 2 is 2.00 bits per heavy atom. The molecule has 5 aliphatic rings. The van der Waals surface area contributed by atoms with Gasteiger partial charge < -0.3 is 29.9 Å². The van der Waals surface area contributed by atoms with Crippen molar-refractivity contribution in [2.24, 2.45) is 0 Å². The van der Waals surface area contributed by atoms with Gasteiger partial charge >= 0.3 is 6.01 Å². The number of fused-ring (bicyclic) bond motifs is 7. The van der Waals surface area contributed by atoms with Crippen LogP contribution in [0.25, 0.3) is 32.9 Å². The summed E-state index contributed by atoms with van der Waals surface area (Å²) >= 11 is 0. The van der Waals surface area contributed by atoms with Crippen molar-refractivity contribution in [1.82, 2.24) is 25.2 Å². The molecular formula is C35H38F2N6O4. The standard InChI is InChI=1S/C35H38F2N6O4/c1-2-22-24(36)6-4-18-12-21(45)13-23(27(18)22)30-29(37)31-28-32(42-14-19-5-7-25(38-19)26(42)16-46-33(28)39-30)41-34(40-31)47-17-35-9-3-11-43(35)20(15-44)8-10-35/h4,6,12-13,19-20,25-26,38,44-45H,2-3,5,7-11,14-17H2,1H3. The number of pyridine rings is 1. The van der Waals surface area contributed by atoms with Crippen LogP contribution in [0, 0.1) is 11.6 Å². The summed E-state index contributed by atoms with van der Waals surface area (Å²) < 4.78 is 45.1. The summed E-state index contributed by atoms with van der Waals surface area (Å²) in [5.74, 6) is -0.453. The van der Waals surface area contributed by atoms with E-state index in [4.69, 9.17) is 24.4 Å². The molecule has 0 amide bonds. The third-order valence-corrected chi connectivity index (χ3v) is 11.4. The van der Waals surface area contributed by atoms with E-state index in [1.54, 1.807) is 12.1 Å². The van der Waals surface area contributed by atoms with Crippen molar-refractivity contribution in [3.63, 3.8) is 0 Å². The van der Waals surface area contributed by atoms with E-state index >= 15 is 8.78 Å². The molecule has 2 aromatic heterocycles. The molecule has 7 heterocycles. The number of aliphatic hydroxyl groups excluding tert-OH is 1. The molecular weight excluding hydrogens is 606 g/mol. The molecule has 5 unspecified atom stereocenters. The second-order valence-electron chi connectivity index (χ2n) is 13.9. The predicted octanol–water partition coefficient (Wildman–Crippen LogP) is 4.46. The highest BCUT2D eigenvalue weighted by Gasteiger charge is 2.50. The molecule has 47 heavy (non-hydrogen) atoms. The molecule has 2 aromatic carbocycles. The highest BCUT2D eigenvalue weighted by atomic mass is 19.1. The predicted molar refractivity (Wildman–Crippen MR) is 172 cm³/mol. The zero-order valence-electron chi connectivity index (χ0n) is 26.3. The highest BCUT2D eigenvalue weighted by molar-refractivity contribution is 6.03. The Morgan fingerprint density at radius 1 is 1.11 bits per heavy atom. The molecule has 10 nitrogen and oxygen atoms in total. The third kappa shape index (κ3) is 4.40. The minimum absolute atomic E-state index is 0.0166. The molecule has 5 aliphatic heterocycles. The van der Waals surface area contributed by atoms with E-state index in [2.05, 4.69) is 15.1 Å². The number of anilines is 1. The number of phenols is 1. The molecule has 5 atom stereocenters. The lowest BCUT2D eigenvalue weighted by Crippen LogP contribution is -2.60. The molecule has 9 rings (SSSR count). The summed E-state index contributed by atoms with van der Waals surface area (Å²) in [5.41, 5.74) is 0.403. The Kier molecular flexibility index (Phi) is 6.75. The Bertz CT molecular complexity index is 1930. The minimum Gasteiger partial charge on any atom is -0.508 e. The first-order chi connectivity index (χ1) is 22.9. The Hall–Kier alpha value is -3.87. The topological polar surface area (TPSA) is 116 Å². The fourth-order valence-corrected chi connectivity index (χ4v) is 9.20. The van der Waals surface area contributed by atoms with Gasteiger partial charge in [-0.15, -0.1) is 0 Å². The lowest BCUT2D eigenvalue weighted by molar-refractivity contribution is 0.0644. The normalized spacial score (nSPS) is 28.0. The molecule has 12 heteroatoms. The number of nitrogens with one attached hydrogen (secondary N) is 1. The van der Waals surface area contributed by atoms with Gasteiger partial charge in [-0.3, -0.25) is 4.90 Å². The first-order valence-corrected chi connectivity index (χ1v) is 16.9. The van der Waals surface area contributed by atoms with Crippen molar-refractivity contribution < 1.29 is 28.5 Å². The smallest absolute Gasteiger partial charge is 0.319 e. The first-order valence-electron chi connectivity index (χ1n) is 16.9. The highest BCUT2D eigenvalue weighted by Crippen LogP contribution is 2.46. The molecule has 0 radical (unpaired) electrons. The van der Waals surface area contributed by atoms with Gasteiger partial charge in [0.25, 0.3) is 0 Å². The van der Waals surface area contributed by atoms with Gasteiger partial charge in [-0.05, 0) is 86.0 Å². The Morgan fingerprint density at radius 3 is 2.85 bits per heavy atom. The van der Waals surface area contributed by atoms with Crippen LogP contribution in [0.15, 0.2) is 24.3 Å². The summed E-state index contributed by atoms with van der Waals surface area (Å²) in [6.45, 7) is 4.21. The maximum Gasteiger partial charge on any atom is 0.319 e. The van der Waals surface area contributed by atoms with Gasteiger partial charge in [-0.25, -0.2) is 13.8 Å². The fraction of sp³-hybridized carbons (Fsp3) is 0.514. The quantitative estimate of drug-likeness (QED) is 0.278. The van der Waals surface area contributed by atoms with Gasteiger partial charge in [0.2, 0.25) is 5.88 Å². The average Bonchev–Trinajstić information content (AvgIpc) is 3.74. The van der Waals surface area contributed by atoms with Gasteiger partial charge in [0.05, 0.1) is 18.2 Å². The molecule has 0 spiro atoms. The van der Waals surface area contributed by atoms with E-state index in [1.165, 1.54) is 12.1 Å². The Balaban J connectivity index is 1.23. The number of rotatable bonds is 6. The first kappa shape index (κ1) is 29.3. The van der Waals surface area contributed by atoms with Gasteiger partial charge in [-0.1, -0.05) is 13.0 Å². The largest absolute Gasteiger partial charge is 0.508 e. The zero-order chi connectivity index (χ0) is 32.0. The fourth-order valence-electron chi connectivity index (χ4n) is 9.20. The minimum atomic E-state index is -0.711. The molecule has 246 valence electrons. The van der Waals surface area contributed by atoms with Crippen molar-refractivity contribution in [1.29, 1.82) is 0 Å². The van der Waals surface area contributed by atoms with Gasteiger partial charge in [0.1, 0.15) is 47.2 Å². The van der Waals surface area contributed by atoms with Crippen molar-refractivity contribution >= 4 is 27.5 Å². The summed E-state index contributed by atoms with van der Waals surface area (Å²) in [4.78, 5) is 19.0. The van der Waals surface area contributed by atoms with Crippen LogP contribution in [0.5, 0.6) is 17.6 Å². The van der Waals surface area contributed by atoms with Crippen LogP contribution >= 0.6 is 0 Å². The van der Waals surface area contributed by atoms with Gasteiger partial charge in [-0.2, -0.15) is 9.97 Å². The number of ether oxygens (including phenoxy) is 2. The molecule has 4 aromatic rings. The van der Waals surface area contributed by atoms with Crippen LogP contribution in [0.4, 0.5) is 14.6 Å². The zero-order valence-corrected chi connectivity index (χ0v) is 26.3. The number of hydrogen-bond donors (Lipinski definition) is 3. The summed E-state index contributed by atoms with van der Waals surface area (Å²) in [5, 5.41) is 25.8. The van der Waals surface area contributed by atoms with E-state index in [1.807, 2.05) is 6.92 Å². The lowest BCUT2D eigenvalue weighted by atomic mass is 9.94. The second-order valence-corrected chi connectivity index (χ2v) is 13.9. The maximum atomic E-state index is 17.1. The number of nitrogens with zero attached hydrogens (tertiary/aromatic N) is 5. The molecule has 4 fully saturated rings. The molecule has 3 N–H and O–H groups in total. The molecule has 4 saturated heterocycles. The summed E-state index contributed by atoms with van der Waals surface area (Å²) in [6, 6.07) is 6.54. The molecule has 2 bridgehead atoms. The monoisotopic (exact) mass is 644 g/mol. The van der Waals surface area contributed by atoms with Crippen molar-refractivity contribution in [3.05, 3.63) is 41.5 Å². The number of benzene rings is 2. The number of aliphatic hydroxyl groups is 1. The second kappa shape index (κ2) is 10.8. The number of aromatic nitrogens is 3. The summed E-state index contributed by atoms with van der Waals surface area (Å²) in [6.07, 6.45) is 6.19. The number of aryl methyl sites for hydroxylation is 1. The van der Waals surface area contributed by atoms with E-state index < -0.39 is 11.6 Å². The van der Waals surface area contributed by atoms with Crippen molar-refractivity contribution in [2.75, 3.05) is 37.8 Å². The number of hydrogen-bond acceptors (Lipinski definition) is 10. The number of aromatic hydroxyl groups is 1. The van der Waals surface area contributed by atoms with E-state index in [-0.39, 0.29) is 70.7 Å². The van der Waals surface area contributed by atoms with Gasteiger partial charge in [0, 0.05) is 30.2 Å². The summed E-state index contributed by atoms with van der Waals surface area (Å²) in [7, 11) is 0. The van der Waals surface area contributed by atoms with Crippen LogP contribution in [-0.4, -0.2) is 92.7 Å². The average molecular weight is 645 g/mol. The Labute approximate surface area is 270 Å². The third-order valence-electron chi connectivity index (χ3n) is 11.4. The number of halogens is 2. The van der Waals surface area contributed by atoms with Crippen LogP contribution in [-0.2, 0) is 6.42 Å². The van der Waals surface area contributed by atoms with Crippen LogP contribution in [0.1, 0.15) is 51.0 Å². The number of phenolic OH excluding ortho intramolecular Hbond substituents is 1. The van der Waals surface area contributed by atoms with E-state index in [0.717, 1.165) is 45.1 Å². The van der Waals surface area contributed by atoms with E-state index in [0.29, 0.717) is 53.7 Å². The maximum absolute atomic E-state index is 17.1.